The van der Waals surface area contributed by atoms with Gasteiger partial charge in [0.05, 0.1) is 0 Å². The first kappa shape index (κ1) is 23.2. The number of halogens is 2. The predicted molar refractivity (Wildman–Crippen MR) is 105 cm³/mol. The molecule has 6 heteroatoms. The van der Waals surface area contributed by atoms with Gasteiger partial charge in [-0.15, -0.1) is 24.8 Å². The summed E-state index contributed by atoms with van der Waals surface area (Å²) in [5, 5.41) is 0. The van der Waals surface area contributed by atoms with Gasteiger partial charge in [0.15, 0.2) is 0 Å². The van der Waals surface area contributed by atoms with E-state index in [1.54, 1.807) is 0 Å². The van der Waals surface area contributed by atoms with Crippen LogP contribution in [0.1, 0.15) is 49.5 Å². The van der Waals surface area contributed by atoms with Crippen LogP contribution in [0, 0.1) is 0 Å². The molecule has 1 saturated heterocycles. The maximum Gasteiger partial charge on any atom is 0.253 e. The lowest BCUT2D eigenvalue weighted by Crippen LogP contribution is -2.45. The van der Waals surface area contributed by atoms with Crippen LogP contribution < -0.4 is 5.73 Å². The Morgan fingerprint density at radius 1 is 1.29 bits per heavy atom. The van der Waals surface area contributed by atoms with Crippen LogP contribution in [0.15, 0.2) is 24.3 Å². The van der Waals surface area contributed by atoms with E-state index >= 15 is 0 Å². The van der Waals surface area contributed by atoms with Crippen molar-refractivity contribution < 1.29 is 4.79 Å². The molecule has 24 heavy (non-hydrogen) atoms. The average molecular weight is 376 g/mol. The number of hydrogen-bond donors (Lipinski definition) is 1. The summed E-state index contributed by atoms with van der Waals surface area (Å²) in [6, 6.07) is 8.70. The van der Waals surface area contributed by atoms with Crippen LogP contribution in [0.3, 0.4) is 0 Å². The van der Waals surface area contributed by atoms with Crippen LogP contribution in [0.4, 0.5) is 0 Å². The molecule has 1 aromatic rings. The smallest absolute Gasteiger partial charge is 0.253 e. The summed E-state index contributed by atoms with van der Waals surface area (Å²) in [6.45, 7) is 10.1. The van der Waals surface area contributed by atoms with Crippen molar-refractivity contribution in [3.8, 4) is 0 Å². The second kappa shape index (κ2) is 10.9. The number of likely N-dealkylation sites (tertiary alicyclic amines) is 1. The highest BCUT2D eigenvalue weighted by atomic mass is 35.5. The standard InChI is InChI=1S/C18H29N3O.2ClH/c1-4-20(14(2)3)12-15-7-9-16(10-8-15)18(22)21-11-5-6-17(19)13-21;;/h7-10,14,17H,4-6,11-13,19H2,1-3H3;2*1H. The van der Waals surface area contributed by atoms with E-state index in [1.807, 2.05) is 17.0 Å². The Morgan fingerprint density at radius 3 is 2.42 bits per heavy atom. The van der Waals surface area contributed by atoms with E-state index in [2.05, 4.69) is 37.8 Å². The minimum Gasteiger partial charge on any atom is -0.337 e. The number of nitrogens with zero attached hydrogens (tertiary/aromatic N) is 2. The number of rotatable bonds is 5. The molecular formula is C18H31Cl2N3O. The van der Waals surface area contributed by atoms with E-state index in [-0.39, 0.29) is 36.8 Å². The van der Waals surface area contributed by atoms with E-state index in [0.717, 1.165) is 38.0 Å². The maximum absolute atomic E-state index is 12.5. The lowest BCUT2D eigenvalue weighted by Gasteiger charge is -2.31. The lowest BCUT2D eigenvalue weighted by atomic mass is 10.0. The Kier molecular flexibility index (Phi) is 10.6. The Balaban J connectivity index is 0.00000264. The topological polar surface area (TPSA) is 49.6 Å². The summed E-state index contributed by atoms with van der Waals surface area (Å²) in [5.74, 6) is 0.109. The third-order valence-electron chi connectivity index (χ3n) is 4.47. The van der Waals surface area contributed by atoms with Crippen molar-refractivity contribution in [3.05, 3.63) is 35.4 Å². The van der Waals surface area contributed by atoms with E-state index in [4.69, 9.17) is 5.73 Å². The highest BCUT2D eigenvalue weighted by molar-refractivity contribution is 5.94. The predicted octanol–water partition coefficient (Wildman–Crippen LogP) is 3.32. The molecule has 0 saturated carbocycles. The lowest BCUT2D eigenvalue weighted by molar-refractivity contribution is 0.0709. The molecule has 138 valence electrons. The second-order valence-corrected chi connectivity index (χ2v) is 6.51. The van der Waals surface area contributed by atoms with Gasteiger partial charge in [0.25, 0.3) is 5.91 Å². The van der Waals surface area contributed by atoms with E-state index in [1.165, 1.54) is 5.56 Å². The highest BCUT2D eigenvalue weighted by Gasteiger charge is 2.22. The fourth-order valence-electron chi connectivity index (χ4n) is 3.02. The SMILES string of the molecule is CCN(Cc1ccc(C(=O)N2CCCC(N)C2)cc1)C(C)C.Cl.Cl. The zero-order valence-electron chi connectivity index (χ0n) is 14.9. The van der Waals surface area contributed by atoms with Crippen molar-refractivity contribution in [2.24, 2.45) is 5.73 Å². The molecule has 1 aliphatic rings. The molecule has 1 atom stereocenters. The molecule has 0 spiro atoms. The van der Waals surface area contributed by atoms with Gasteiger partial charge in [0.1, 0.15) is 0 Å². The summed E-state index contributed by atoms with van der Waals surface area (Å²) in [7, 11) is 0. The number of amides is 1. The molecule has 1 fully saturated rings. The van der Waals surface area contributed by atoms with Crippen LogP contribution >= 0.6 is 24.8 Å². The quantitative estimate of drug-likeness (QED) is 0.858. The van der Waals surface area contributed by atoms with Crippen LogP contribution in [-0.4, -0.2) is 47.4 Å². The first-order chi connectivity index (χ1) is 10.5. The molecule has 1 unspecified atom stereocenters. The van der Waals surface area contributed by atoms with E-state index in [9.17, 15) is 4.79 Å². The van der Waals surface area contributed by atoms with Crippen molar-refractivity contribution in [2.75, 3.05) is 19.6 Å². The van der Waals surface area contributed by atoms with Gasteiger partial charge in [-0.25, -0.2) is 0 Å². The summed E-state index contributed by atoms with van der Waals surface area (Å²) in [6.07, 6.45) is 2.02. The zero-order chi connectivity index (χ0) is 16.1. The fourth-order valence-corrected chi connectivity index (χ4v) is 3.02. The highest BCUT2D eigenvalue weighted by Crippen LogP contribution is 2.15. The van der Waals surface area contributed by atoms with Crippen molar-refractivity contribution in [1.82, 2.24) is 9.80 Å². The zero-order valence-corrected chi connectivity index (χ0v) is 16.5. The molecule has 1 heterocycles. The Labute approximate surface area is 158 Å². The van der Waals surface area contributed by atoms with Crippen molar-refractivity contribution >= 4 is 30.7 Å². The van der Waals surface area contributed by atoms with Gasteiger partial charge in [-0.2, -0.15) is 0 Å². The molecule has 4 nitrogen and oxygen atoms in total. The molecule has 2 N–H and O–H groups in total. The minimum atomic E-state index is 0. The third-order valence-corrected chi connectivity index (χ3v) is 4.47. The maximum atomic E-state index is 12.5. The van der Waals surface area contributed by atoms with Gasteiger partial charge in [0, 0.05) is 37.3 Å². The van der Waals surface area contributed by atoms with Crippen LogP contribution in [-0.2, 0) is 6.54 Å². The number of piperidine rings is 1. The number of benzene rings is 1. The first-order valence-corrected chi connectivity index (χ1v) is 8.39. The summed E-state index contributed by atoms with van der Waals surface area (Å²) in [5.41, 5.74) is 7.99. The number of hydrogen-bond acceptors (Lipinski definition) is 3. The summed E-state index contributed by atoms with van der Waals surface area (Å²) >= 11 is 0. The second-order valence-electron chi connectivity index (χ2n) is 6.51. The van der Waals surface area contributed by atoms with Crippen LogP contribution in [0.5, 0.6) is 0 Å². The van der Waals surface area contributed by atoms with Crippen LogP contribution in [0.25, 0.3) is 0 Å². The van der Waals surface area contributed by atoms with Gasteiger partial charge < -0.3 is 10.6 Å². The summed E-state index contributed by atoms with van der Waals surface area (Å²) < 4.78 is 0. The fraction of sp³-hybridized carbons (Fsp3) is 0.611. The largest absolute Gasteiger partial charge is 0.337 e. The monoisotopic (exact) mass is 375 g/mol. The van der Waals surface area contributed by atoms with Gasteiger partial charge in [-0.1, -0.05) is 19.1 Å². The van der Waals surface area contributed by atoms with Gasteiger partial charge in [-0.3, -0.25) is 9.69 Å². The Hall–Kier alpha value is -0.810. The van der Waals surface area contributed by atoms with Crippen molar-refractivity contribution in [2.45, 2.75) is 52.2 Å². The number of carbonyl (C=O) groups excluding carboxylic acids is 1. The average Bonchev–Trinajstić information content (AvgIpc) is 2.52. The molecule has 0 bridgehead atoms. The Bertz CT molecular complexity index is 494. The molecule has 2 rings (SSSR count). The third kappa shape index (κ3) is 6.25. The number of carbonyl (C=O) groups is 1. The van der Waals surface area contributed by atoms with Crippen LogP contribution in [0.2, 0.25) is 0 Å². The van der Waals surface area contributed by atoms with Gasteiger partial charge in [-0.05, 0) is 50.9 Å². The minimum absolute atomic E-state index is 0. The molecule has 0 aromatic heterocycles. The molecule has 1 amide bonds. The van der Waals surface area contributed by atoms with E-state index in [0.29, 0.717) is 12.6 Å². The first-order valence-electron chi connectivity index (χ1n) is 8.39. The Morgan fingerprint density at radius 2 is 1.92 bits per heavy atom. The molecule has 1 aliphatic heterocycles. The molecule has 0 aliphatic carbocycles. The molecule has 0 radical (unpaired) electrons. The van der Waals surface area contributed by atoms with Gasteiger partial charge in [0.2, 0.25) is 0 Å². The summed E-state index contributed by atoms with van der Waals surface area (Å²) in [4.78, 5) is 16.8. The molecule has 1 aromatic carbocycles. The van der Waals surface area contributed by atoms with E-state index < -0.39 is 0 Å². The molecular weight excluding hydrogens is 345 g/mol. The van der Waals surface area contributed by atoms with Gasteiger partial charge >= 0.3 is 0 Å². The van der Waals surface area contributed by atoms with Crippen molar-refractivity contribution in [3.63, 3.8) is 0 Å². The normalized spacial score (nSPS) is 17.4. The van der Waals surface area contributed by atoms with Crippen molar-refractivity contribution in [1.29, 1.82) is 0 Å². The number of nitrogens with two attached hydrogens (primary N) is 1.